The molecule has 0 saturated heterocycles. The zero-order chi connectivity index (χ0) is 32.9. The summed E-state index contributed by atoms with van der Waals surface area (Å²) in [5, 5.41) is 2.67. The van der Waals surface area contributed by atoms with Crippen LogP contribution in [0.25, 0.3) is 11.0 Å². The fourth-order valence-corrected chi connectivity index (χ4v) is 5.01. The number of anilines is 1. The van der Waals surface area contributed by atoms with E-state index in [1.807, 2.05) is 0 Å². The summed E-state index contributed by atoms with van der Waals surface area (Å²) >= 11 is 1.17. The molecule has 0 spiro atoms. The molecule has 2 heterocycles. The zero-order valence-corrected chi connectivity index (χ0v) is 27.1. The second kappa shape index (κ2) is 14.2. The van der Waals surface area contributed by atoms with Gasteiger partial charge in [-0.2, -0.15) is 13.2 Å². The number of benzene rings is 1. The molecule has 0 aliphatic heterocycles. The van der Waals surface area contributed by atoms with Gasteiger partial charge in [0.2, 0.25) is 0 Å². The molecule has 1 aromatic carbocycles. The van der Waals surface area contributed by atoms with E-state index in [0.29, 0.717) is 11.8 Å². The van der Waals surface area contributed by atoms with Gasteiger partial charge in [-0.15, -0.1) is 0 Å². The number of alkyl halides is 3. The van der Waals surface area contributed by atoms with Gasteiger partial charge in [0.1, 0.15) is 24.7 Å². The highest BCUT2D eigenvalue weighted by atomic mass is 32.2. The minimum Gasteiger partial charge on any atom is -0.450 e. The summed E-state index contributed by atoms with van der Waals surface area (Å²) in [4.78, 5) is 19.3. The summed E-state index contributed by atoms with van der Waals surface area (Å²) in [7, 11) is -1.42. The van der Waals surface area contributed by atoms with Gasteiger partial charge in [0.25, 0.3) is 0 Å². The van der Waals surface area contributed by atoms with Gasteiger partial charge in [0, 0.05) is 50.3 Å². The molecule has 0 radical (unpaired) electrons. The molecule has 3 rings (SSSR count). The molecule has 0 bridgehead atoms. The van der Waals surface area contributed by atoms with Crippen LogP contribution < -0.4 is 15.8 Å². The van der Waals surface area contributed by atoms with E-state index in [9.17, 15) is 18.0 Å². The highest BCUT2D eigenvalue weighted by molar-refractivity contribution is 8.13. The Bertz CT molecular complexity index is 1490. The van der Waals surface area contributed by atoms with E-state index in [0.717, 1.165) is 30.4 Å². The van der Waals surface area contributed by atoms with E-state index in [4.69, 9.17) is 19.9 Å². The summed E-state index contributed by atoms with van der Waals surface area (Å²) in [5.74, 6) is -3.62. The molecule has 0 fully saturated rings. The number of amides is 1. The third-order valence-electron chi connectivity index (χ3n) is 6.16. The van der Waals surface area contributed by atoms with Crippen LogP contribution in [0, 0.1) is 17.0 Å². The van der Waals surface area contributed by atoms with Gasteiger partial charge in [-0.1, -0.05) is 45.3 Å². The Labute approximate surface area is 257 Å². The van der Waals surface area contributed by atoms with Gasteiger partial charge < -0.3 is 29.8 Å². The number of primary amides is 1. The first-order valence-corrected chi connectivity index (χ1v) is 18.4. The van der Waals surface area contributed by atoms with Gasteiger partial charge in [-0.05, 0) is 18.4 Å². The average molecular weight is 662 g/mol. The van der Waals surface area contributed by atoms with Crippen LogP contribution in [-0.4, -0.2) is 54.9 Å². The number of carbonyl (C=O) groups excluding carboxylic acids is 1. The molecule has 16 heteroatoms. The van der Waals surface area contributed by atoms with Crippen LogP contribution >= 0.6 is 11.8 Å². The van der Waals surface area contributed by atoms with Crippen LogP contribution in [0.15, 0.2) is 35.6 Å². The monoisotopic (exact) mass is 661 g/mol. The summed E-state index contributed by atoms with van der Waals surface area (Å²) in [6.07, 6.45) is -1.98. The minimum atomic E-state index is -4.80. The molecule has 3 N–H and O–H groups in total. The lowest BCUT2D eigenvalue weighted by molar-refractivity contribution is -0.136. The average Bonchev–Trinajstić information content (AvgIpc) is 3.29. The maximum Gasteiger partial charge on any atom is 0.418 e. The van der Waals surface area contributed by atoms with Crippen molar-refractivity contribution in [2.45, 2.75) is 52.4 Å². The molecule has 0 unspecified atom stereocenters. The van der Waals surface area contributed by atoms with E-state index < -0.39 is 59.8 Å². The Morgan fingerprint density at radius 3 is 2.41 bits per heavy atom. The van der Waals surface area contributed by atoms with Crippen molar-refractivity contribution in [3.8, 4) is 11.5 Å². The molecule has 0 saturated carbocycles. The van der Waals surface area contributed by atoms with Crippen molar-refractivity contribution < 1.29 is 41.0 Å². The molecule has 2 aromatic heterocycles. The van der Waals surface area contributed by atoms with Crippen molar-refractivity contribution in [1.29, 1.82) is 0 Å². The quantitative estimate of drug-likeness (QED) is 0.0673. The van der Waals surface area contributed by atoms with Gasteiger partial charge >= 0.3 is 12.3 Å². The summed E-state index contributed by atoms with van der Waals surface area (Å²) in [6.45, 7) is 10.4. The fourth-order valence-electron chi connectivity index (χ4n) is 3.84. The molecule has 9 nitrogen and oxygen atoms in total. The van der Waals surface area contributed by atoms with Gasteiger partial charge in [0.15, 0.2) is 22.6 Å². The Morgan fingerprint density at radius 1 is 1.18 bits per heavy atom. The predicted molar refractivity (Wildman–Crippen MR) is 164 cm³/mol. The number of amidine groups is 1. The number of hydrogen-bond donors (Lipinski definition) is 2. The normalized spacial score (nSPS) is 12.9. The highest BCUT2D eigenvalue weighted by Gasteiger charge is 2.37. The lowest BCUT2D eigenvalue weighted by atomic mass is 9.95. The number of rotatable bonds is 12. The number of ether oxygens (including phenoxy) is 3. The van der Waals surface area contributed by atoms with E-state index in [2.05, 4.69) is 34.9 Å². The minimum absolute atomic E-state index is 0.0100. The number of halogens is 5. The van der Waals surface area contributed by atoms with Gasteiger partial charge in [-0.3, -0.25) is 4.99 Å². The highest BCUT2D eigenvalue weighted by Crippen LogP contribution is 2.42. The van der Waals surface area contributed by atoms with Gasteiger partial charge in [-0.25, -0.2) is 18.6 Å². The largest absolute Gasteiger partial charge is 0.450 e. The van der Waals surface area contributed by atoms with E-state index in [1.165, 1.54) is 22.5 Å². The van der Waals surface area contributed by atoms with Crippen LogP contribution in [0.4, 0.5) is 32.4 Å². The van der Waals surface area contributed by atoms with Crippen LogP contribution in [0.2, 0.25) is 25.7 Å². The van der Waals surface area contributed by atoms with Crippen molar-refractivity contribution >= 4 is 47.8 Å². The second-order valence-electron chi connectivity index (χ2n) is 12.0. The maximum absolute atomic E-state index is 15.2. The number of aromatic nitrogens is 2. The molecule has 0 aliphatic carbocycles. The number of pyridine rings is 1. The number of fused-ring (bicyclic) bond motifs is 1. The predicted octanol–water partition coefficient (Wildman–Crippen LogP) is 7.69. The Balaban J connectivity index is 1.87. The number of hydrogen-bond acceptors (Lipinski definition) is 7. The van der Waals surface area contributed by atoms with Crippen molar-refractivity contribution in [3.63, 3.8) is 0 Å². The summed E-state index contributed by atoms with van der Waals surface area (Å²) in [6, 6.07) is 3.80. The zero-order valence-electron chi connectivity index (χ0n) is 25.3. The molecule has 44 heavy (non-hydrogen) atoms. The number of nitrogens with one attached hydrogen (secondary N) is 1. The Hall–Kier alpha value is -3.37. The molecule has 3 aromatic rings. The van der Waals surface area contributed by atoms with Crippen molar-refractivity contribution in [2.24, 2.45) is 16.1 Å². The molecule has 0 aliphatic rings. The SMILES string of the molecule is CS/C(=N/CC(C)(C)COC(N)=O)Nc1cc(F)c(Oc2ccnc3c2c(C(F)(F)F)cn3COCC[Si](C)(C)C)c(F)c1. The molecule has 0 atom stereocenters. The lowest BCUT2D eigenvalue weighted by Gasteiger charge is -2.21. The summed E-state index contributed by atoms with van der Waals surface area (Å²) in [5.41, 5.74) is 3.25. The lowest BCUT2D eigenvalue weighted by Crippen LogP contribution is -2.27. The topological polar surface area (TPSA) is 113 Å². The number of nitrogens with zero attached hydrogens (tertiary/aromatic N) is 3. The van der Waals surface area contributed by atoms with E-state index in [1.54, 1.807) is 20.1 Å². The second-order valence-corrected chi connectivity index (χ2v) is 18.4. The molecular weight excluding hydrogens is 625 g/mol. The maximum atomic E-state index is 15.2. The first kappa shape index (κ1) is 35.1. The fraction of sp³-hybridized carbons (Fsp3) is 0.464. The van der Waals surface area contributed by atoms with Crippen molar-refractivity contribution in [2.75, 3.05) is 31.3 Å². The van der Waals surface area contributed by atoms with Crippen LogP contribution in [0.1, 0.15) is 19.4 Å². The first-order valence-electron chi connectivity index (χ1n) is 13.5. The Morgan fingerprint density at radius 2 is 1.84 bits per heavy atom. The van der Waals surface area contributed by atoms with Crippen LogP contribution in [0.3, 0.4) is 0 Å². The molecule has 1 amide bonds. The smallest absolute Gasteiger partial charge is 0.418 e. The molecular formula is C28H36F5N5O4SSi. The number of carbonyl (C=O) groups is 1. The molecule has 242 valence electrons. The third kappa shape index (κ3) is 9.82. The number of thioether (sulfide) groups is 1. The van der Waals surface area contributed by atoms with Crippen molar-refractivity contribution in [1.82, 2.24) is 9.55 Å². The number of aliphatic imine (C=N–C) groups is 1. The third-order valence-corrected chi connectivity index (χ3v) is 8.48. The summed E-state index contributed by atoms with van der Waals surface area (Å²) < 4.78 is 89.6. The first-order chi connectivity index (χ1) is 20.4. The van der Waals surface area contributed by atoms with Crippen LogP contribution in [-0.2, 0) is 22.4 Å². The van der Waals surface area contributed by atoms with Crippen molar-refractivity contribution in [3.05, 3.63) is 47.8 Å². The van der Waals surface area contributed by atoms with E-state index >= 15 is 8.78 Å². The Kier molecular flexibility index (Phi) is 11.3. The van der Waals surface area contributed by atoms with Crippen LogP contribution in [0.5, 0.6) is 11.5 Å². The standard InChI is InChI=1S/C28H36F5N5O4SSi/c1-27(2,15-41-25(34)39)14-36-26(43-3)37-17-11-19(29)23(20(30)12-17)42-21-7-8-35-24-22(21)18(28(31,32)33)13-38(24)16-40-9-10-44(4,5)6/h7-8,11-13H,9-10,14-16H2,1-6H3,(H2,34,39)(H,36,37). The van der Waals surface area contributed by atoms with E-state index in [-0.39, 0.29) is 31.2 Å². The number of nitrogens with two attached hydrogens (primary N) is 1. The van der Waals surface area contributed by atoms with Gasteiger partial charge in [0.05, 0.1) is 17.5 Å².